The maximum absolute atomic E-state index is 4.67. The number of hydrogen-bond donors (Lipinski definition) is 1. The Morgan fingerprint density at radius 3 is 2.07 bits per heavy atom. The second kappa shape index (κ2) is 9.61. The third kappa shape index (κ3) is 4.09. The number of aromatic nitrogens is 2. The molecule has 1 N–H and O–H groups in total. The molecule has 0 fully saturated rings. The molecule has 4 heteroatoms. The van der Waals surface area contributed by atoms with E-state index in [1.807, 2.05) is 36.8 Å². The molecule has 0 saturated heterocycles. The Balaban J connectivity index is 1.22. The topological polar surface area (TPSA) is 41.1 Å². The number of para-hydroxylation sites is 1. The smallest absolute Gasteiger partial charge is 0.123 e. The fourth-order valence-corrected chi connectivity index (χ4v) is 5.94. The summed E-state index contributed by atoms with van der Waals surface area (Å²) in [7, 11) is 0. The first kappa shape index (κ1) is 23.4. The summed E-state index contributed by atoms with van der Waals surface area (Å²) in [6.07, 6.45) is 14.2. The van der Waals surface area contributed by atoms with Gasteiger partial charge in [-0.1, -0.05) is 78.9 Å². The molecular formula is C37H26N4. The van der Waals surface area contributed by atoms with Crippen LogP contribution in [0.3, 0.4) is 0 Å². The average Bonchev–Trinajstić information content (AvgIpc) is 3.43. The van der Waals surface area contributed by atoms with E-state index in [9.17, 15) is 0 Å². The van der Waals surface area contributed by atoms with Crippen molar-refractivity contribution in [3.63, 3.8) is 0 Å². The lowest BCUT2D eigenvalue weighted by molar-refractivity contribution is 0.908. The number of nitrogens with one attached hydrogen (secondary N) is 1. The molecule has 0 radical (unpaired) electrons. The number of nitrogens with zero attached hydrogens (tertiary/aromatic N) is 3. The zero-order valence-corrected chi connectivity index (χ0v) is 22.3. The lowest BCUT2D eigenvalue weighted by Gasteiger charge is -2.22. The molecule has 4 heterocycles. The van der Waals surface area contributed by atoms with E-state index in [2.05, 4.69) is 130 Å². The number of anilines is 2. The molecule has 41 heavy (non-hydrogen) atoms. The summed E-state index contributed by atoms with van der Waals surface area (Å²) in [5.74, 6) is 0. The van der Waals surface area contributed by atoms with E-state index >= 15 is 0 Å². The van der Waals surface area contributed by atoms with Crippen LogP contribution in [0.2, 0.25) is 0 Å². The van der Waals surface area contributed by atoms with Crippen LogP contribution in [0.1, 0.15) is 0 Å². The van der Waals surface area contributed by atoms with E-state index in [-0.39, 0.29) is 6.17 Å². The molecule has 4 aromatic carbocycles. The van der Waals surface area contributed by atoms with Gasteiger partial charge in [-0.25, -0.2) is 0 Å². The Hall–Kier alpha value is -5.48. The lowest BCUT2D eigenvalue weighted by atomic mass is 9.93. The quantitative estimate of drug-likeness (QED) is 0.249. The summed E-state index contributed by atoms with van der Waals surface area (Å²) in [6.45, 7) is 0. The van der Waals surface area contributed by atoms with Crippen LogP contribution in [0.5, 0.6) is 0 Å². The highest BCUT2D eigenvalue weighted by atomic mass is 15.3. The standard InChI is InChI=1S/C37H26N4/c1-2-22-41-34-24-31(26-11-9-25(10-12-26)27-17-20-38-21-18-27)23-33(37(34)40-35(41)8-1)29-15-13-28(14-16-29)32-7-3-5-30-6-4-19-39-36(30)32/h1-24,35,40H. The van der Waals surface area contributed by atoms with Gasteiger partial charge in [0.05, 0.1) is 16.9 Å². The Labute approximate surface area is 239 Å². The van der Waals surface area contributed by atoms with Gasteiger partial charge in [0, 0.05) is 41.3 Å². The van der Waals surface area contributed by atoms with Crippen LogP contribution in [-0.2, 0) is 0 Å². The van der Waals surface area contributed by atoms with Gasteiger partial charge in [-0.05, 0) is 75.9 Å². The van der Waals surface area contributed by atoms with E-state index < -0.39 is 0 Å². The van der Waals surface area contributed by atoms with Gasteiger partial charge in [-0.15, -0.1) is 0 Å². The zero-order chi connectivity index (χ0) is 27.2. The summed E-state index contributed by atoms with van der Waals surface area (Å²) in [4.78, 5) is 11.1. The minimum Gasteiger partial charge on any atom is -0.359 e. The average molecular weight is 527 g/mol. The predicted molar refractivity (Wildman–Crippen MR) is 169 cm³/mol. The minimum absolute atomic E-state index is 0.110. The van der Waals surface area contributed by atoms with Crippen molar-refractivity contribution < 1.29 is 0 Å². The first-order valence-corrected chi connectivity index (χ1v) is 13.9. The molecule has 0 aliphatic carbocycles. The number of hydrogen-bond acceptors (Lipinski definition) is 4. The second-order valence-corrected chi connectivity index (χ2v) is 10.4. The summed E-state index contributed by atoms with van der Waals surface area (Å²) in [5, 5.41) is 4.90. The fourth-order valence-electron chi connectivity index (χ4n) is 5.94. The molecule has 2 aliphatic rings. The van der Waals surface area contributed by atoms with Gasteiger partial charge >= 0.3 is 0 Å². The molecule has 1 unspecified atom stereocenters. The molecular weight excluding hydrogens is 500 g/mol. The van der Waals surface area contributed by atoms with Gasteiger partial charge in [0.1, 0.15) is 6.17 Å². The number of pyridine rings is 2. The van der Waals surface area contributed by atoms with Crippen LogP contribution < -0.4 is 10.2 Å². The highest BCUT2D eigenvalue weighted by Crippen LogP contribution is 2.46. The van der Waals surface area contributed by atoms with Gasteiger partial charge in [0.2, 0.25) is 0 Å². The molecule has 2 aliphatic heterocycles. The van der Waals surface area contributed by atoms with Gasteiger partial charge in [-0.3, -0.25) is 9.97 Å². The largest absolute Gasteiger partial charge is 0.359 e. The Bertz CT molecular complexity index is 1950. The lowest BCUT2D eigenvalue weighted by Crippen LogP contribution is -2.30. The maximum atomic E-state index is 4.67. The fraction of sp³-hybridized carbons (Fsp3) is 0.0270. The molecule has 6 aromatic rings. The SMILES string of the molecule is C1=CC2Nc3c(-c4ccc(-c5cccc6cccnc56)cc4)cc(-c4ccc(-c5ccncc5)cc4)cc3N2C=C1. The first-order chi connectivity index (χ1) is 20.3. The van der Waals surface area contributed by atoms with E-state index in [1.54, 1.807) is 0 Å². The van der Waals surface area contributed by atoms with Crippen molar-refractivity contribution in [1.82, 2.24) is 9.97 Å². The second-order valence-electron chi connectivity index (χ2n) is 10.4. The zero-order valence-electron chi connectivity index (χ0n) is 22.3. The van der Waals surface area contributed by atoms with E-state index in [0.717, 1.165) is 27.7 Å². The van der Waals surface area contributed by atoms with Crippen molar-refractivity contribution in [2.75, 3.05) is 10.2 Å². The summed E-state index contributed by atoms with van der Waals surface area (Å²) in [5.41, 5.74) is 12.8. The Morgan fingerprint density at radius 2 is 1.27 bits per heavy atom. The van der Waals surface area contributed by atoms with Gasteiger partial charge in [0.15, 0.2) is 0 Å². The number of allylic oxidation sites excluding steroid dienone is 2. The van der Waals surface area contributed by atoms with Crippen molar-refractivity contribution in [2.24, 2.45) is 0 Å². The summed E-state index contributed by atoms with van der Waals surface area (Å²) >= 11 is 0. The molecule has 8 rings (SSSR count). The third-order valence-corrected chi connectivity index (χ3v) is 8.01. The molecule has 1 atom stereocenters. The van der Waals surface area contributed by atoms with Crippen molar-refractivity contribution in [3.05, 3.63) is 146 Å². The van der Waals surface area contributed by atoms with Crippen LogP contribution in [-0.4, -0.2) is 16.1 Å². The minimum atomic E-state index is 0.110. The molecule has 2 aromatic heterocycles. The first-order valence-electron chi connectivity index (χ1n) is 13.9. The maximum Gasteiger partial charge on any atom is 0.123 e. The molecule has 4 nitrogen and oxygen atoms in total. The number of benzene rings is 4. The molecule has 194 valence electrons. The Morgan fingerprint density at radius 1 is 0.585 bits per heavy atom. The summed E-state index contributed by atoms with van der Waals surface area (Å²) in [6, 6.07) is 36.9. The number of fused-ring (bicyclic) bond motifs is 4. The number of rotatable bonds is 4. The normalized spacial score (nSPS) is 15.0. The van der Waals surface area contributed by atoms with Crippen LogP contribution in [0.4, 0.5) is 11.4 Å². The van der Waals surface area contributed by atoms with E-state index in [0.29, 0.717) is 0 Å². The highest BCUT2D eigenvalue weighted by Gasteiger charge is 2.29. The molecule has 0 saturated carbocycles. The third-order valence-electron chi connectivity index (χ3n) is 8.01. The Kier molecular flexibility index (Phi) is 5.49. The summed E-state index contributed by atoms with van der Waals surface area (Å²) < 4.78 is 0. The predicted octanol–water partition coefficient (Wildman–Crippen LogP) is 8.94. The van der Waals surface area contributed by atoms with E-state index in [1.165, 1.54) is 39.1 Å². The highest BCUT2D eigenvalue weighted by molar-refractivity contribution is 5.97. The van der Waals surface area contributed by atoms with Gasteiger partial charge in [0.25, 0.3) is 0 Å². The van der Waals surface area contributed by atoms with Crippen molar-refractivity contribution in [3.8, 4) is 44.5 Å². The van der Waals surface area contributed by atoms with Gasteiger partial charge < -0.3 is 10.2 Å². The van der Waals surface area contributed by atoms with Crippen LogP contribution in [0.15, 0.2) is 146 Å². The molecule has 0 spiro atoms. The van der Waals surface area contributed by atoms with Crippen LogP contribution in [0.25, 0.3) is 55.4 Å². The van der Waals surface area contributed by atoms with Crippen LogP contribution >= 0.6 is 0 Å². The monoisotopic (exact) mass is 526 g/mol. The van der Waals surface area contributed by atoms with Gasteiger partial charge in [-0.2, -0.15) is 0 Å². The van der Waals surface area contributed by atoms with Crippen molar-refractivity contribution in [1.29, 1.82) is 0 Å². The molecule has 0 amide bonds. The van der Waals surface area contributed by atoms with Crippen molar-refractivity contribution in [2.45, 2.75) is 6.17 Å². The molecule has 0 bridgehead atoms. The van der Waals surface area contributed by atoms with Crippen LogP contribution in [0, 0.1) is 0 Å². The van der Waals surface area contributed by atoms with E-state index in [4.69, 9.17) is 0 Å². The van der Waals surface area contributed by atoms with Crippen molar-refractivity contribution >= 4 is 22.3 Å².